The smallest absolute Gasteiger partial charge is 0.335 e. The van der Waals surface area contributed by atoms with Crippen molar-refractivity contribution in [1.82, 2.24) is 0 Å². The summed E-state index contributed by atoms with van der Waals surface area (Å²) >= 11 is 12.7. The molecule has 3 aromatic rings. The Balaban J connectivity index is 1.45. The number of carbonyl (C=O) groups is 2. The molecule has 1 heterocycles. The molecule has 8 heteroatoms. The monoisotopic (exact) mass is 481 g/mol. The number of amides is 1. The maximum Gasteiger partial charge on any atom is 0.335 e. The van der Waals surface area contributed by atoms with Crippen molar-refractivity contribution in [1.29, 1.82) is 0 Å². The number of thiocarbonyl (C=S) groups is 1. The van der Waals surface area contributed by atoms with Crippen molar-refractivity contribution in [3.63, 3.8) is 0 Å². The van der Waals surface area contributed by atoms with Gasteiger partial charge < -0.3 is 9.84 Å². The fraction of sp³-hybridized carbons (Fsp3) is 0.0417. The van der Waals surface area contributed by atoms with Crippen LogP contribution in [0.3, 0.4) is 0 Å². The van der Waals surface area contributed by atoms with E-state index in [1.807, 2.05) is 48.5 Å². The second-order valence-corrected chi connectivity index (χ2v) is 8.90. The lowest BCUT2D eigenvalue weighted by Crippen LogP contribution is -2.27. The van der Waals surface area contributed by atoms with Gasteiger partial charge in [-0.05, 0) is 54.1 Å². The molecule has 1 aliphatic rings. The van der Waals surface area contributed by atoms with E-state index in [0.29, 0.717) is 32.3 Å². The number of benzene rings is 3. The van der Waals surface area contributed by atoms with Crippen LogP contribution in [0.15, 0.2) is 77.7 Å². The lowest BCUT2D eigenvalue weighted by molar-refractivity contribution is -0.113. The molecule has 0 bridgehead atoms. The number of halogens is 1. The predicted molar refractivity (Wildman–Crippen MR) is 131 cm³/mol. The van der Waals surface area contributed by atoms with Crippen molar-refractivity contribution in [3.8, 4) is 5.75 Å². The van der Waals surface area contributed by atoms with E-state index < -0.39 is 5.97 Å². The van der Waals surface area contributed by atoms with Crippen molar-refractivity contribution in [2.24, 2.45) is 0 Å². The third kappa shape index (κ3) is 4.85. The Hall–Kier alpha value is -3.13. The Morgan fingerprint density at radius 2 is 1.75 bits per heavy atom. The average Bonchev–Trinajstić information content (AvgIpc) is 3.07. The molecule has 1 fully saturated rings. The van der Waals surface area contributed by atoms with E-state index in [1.54, 1.807) is 18.2 Å². The normalized spacial score (nSPS) is 14.8. The van der Waals surface area contributed by atoms with Crippen LogP contribution in [0.2, 0.25) is 5.02 Å². The molecule has 4 rings (SSSR count). The predicted octanol–water partition coefficient (Wildman–Crippen LogP) is 6.02. The first-order valence-electron chi connectivity index (χ1n) is 9.50. The van der Waals surface area contributed by atoms with Crippen molar-refractivity contribution in [2.45, 2.75) is 6.61 Å². The van der Waals surface area contributed by atoms with Gasteiger partial charge in [-0.1, -0.05) is 65.9 Å². The lowest BCUT2D eigenvalue weighted by atomic mass is 10.2. The van der Waals surface area contributed by atoms with Gasteiger partial charge in [-0.3, -0.25) is 9.69 Å². The first kappa shape index (κ1) is 22.1. The van der Waals surface area contributed by atoms with Crippen LogP contribution >= 0.6 is 35.6 Å². The SMILES string of the molecule is O=C(O)c1ccc(N2C(=O)/C(=C/c3ccc(OCc4ccccc4Cl)cc3)SC2=S)cc1. The quantitative estimate of drug-likeness (QED) is 0.343. The average molecular weight is 482 g/mol. The summed E-state index contributed by atoms with van der Waals surface area (Å²) in [7, 11) is 0. The first-order chi connectivity index (χ1) is 15.4. The zero-order chi connectivity index (χ0) is 22.7. The second kappa shape index (κ2) is 9.56. The number of rotatable bonds is 6. The van der Waals surface area contributed by atoms with Gasteiger partial charge in [0.1, 0.15) is 12.4 Å². The molecule has 0 spiro atoms. The summed E-state index contributed by atoms with van der Waals surface area (Å²) in [6, 6.07) is 20.9. The number of hydrogen-bond acceptors (Lipinski definition) is 5. The molecule has 0 aliphatic carbocycles. The van der Waals surface area contributed by atoms with Crippen LogP contribution in [0.4, 0.5) is 5.69 Å². The zero-order valence-corrected chi connectivity index (χ0v) is 18.9. The standard InChI is InChI=1S/C24H16ClNO4S2/c25-20-4-2-1-3-17(20)14-30-19-11-5-15(6-12-19)13-21-22(27)26(24(31)32-21)18-9-7-16(8-10-18)23(28)29/h1-13H,14H2,(H,28,29)/b21-13-. The molecule has 1 N–H and O–H groups in total. The van der Waals surface area contributed by atoms with E-state index in [2.05, 4.69) is 0 Å². The number of aromatic carboxylic acids is 1. The molecule has 0 radical (unpaired) electrons. The second-order valence-electron chi connectivity index (χ2n) is 6.82. The first-order valence-corrected chi connectivity index (χ1v) is 11.1. The maximum absolute atomic E-state index is 12.9. The van der Waals surface area contributed by atoms with Gasteiger partial charge in [0.2, 0.25) is 0 Å². The molecule has 1 amide bonds. The number of ether oxygens (including phenoxy) is 1. The van der Waals surface area contributed by atoms with Crippen molar-refractivity contribution in [2.75, 3.05) is 4.90 Å². The number of thioether (sulfide) groups is 1. The third-order valence-corrected chi connectivity index (χ3v) is 6.37. The Labute approximate surface area is 199 Å². The van der Waals surface area contributed by atoms with E-state index in [4.69, 9.17) is 33.7 Å². The highest BCUT2D eigenvalue weighted by Crippen LogP contribution is 2.36. The van der Waals surface area contributed by atoms with Crippen molar-refractivity contribution < 1.29 is 19.4 Å². The summed E-state index contributed by atoms with van der Waals surface area (Å²) in [6.45, 7) is 0.359. The summed E-state index contributed by atoms with van der Waals surface area (Å²) in [5, 5.41) is 9.70. The van der Waals surface area contributed by atoms with Crippen molar-refractivity contribution >= 4 is 63.5 Å². The Kier molecular flexibility index (Phi) is 6.60. The minimum Gasteiger partial charge on any atom is -0.489 e. The van der Waals surface area contributed by atoms with Crippen LogP contribution in [0, 0.1) is 0 Å². The fourth-order valence-corrected chi connectivity index (χ4v) is 4.52. The highest BCUT2D eigenvalue weighted by molar-refractivity contribution is 8.27. The molecular weight excluding hydrogens is 466 g/mol. The largest absolute Gasteiger partial charge is 0.489 e. The third-order valence-electron chi connectivity index (χ3n) is 4.70. The highest BCUT2D eigenvalue weighted by Gasteiger charge is 2.33. The lowest BCUT2D eigenvalue weighted by Gasteiger charge is -2.14. The molecule has 160 valence electrons. The molecule has 0 atom stereocenters. The molecule has 32 heavy (non-hydrogen) atoms. The van der Waals surface area contributed by atoms with Crippen LogP contribution in [-0.4, -0.2) is 21.3 Å². The number of nitrogens with zero attached hydrogens (tertiary/aromatic N) is 1. The minimum atomic E-state index is -1.03. The van der Waals surface area contributed by atoms with Crippen LogP contribution in [0.1, 0.15) is 21.5 Å². The number of hydrogen-bond donors (Lipinski definition) is 1. The molecule has 1 saturated heterocycles. The number of carboxylic acid groups (broad SMARTS) is 1. The summed E-state index contributed by atoms with van der Waals surface area (Å²) < 4.78 is 6.18. The maximum atomic E-state index is 12.9. The summed E-state index contributed by atoms with van der Waals surface area (Å²) in [5.74, 6) is -0.587. The molecule has 0 unspecified atom stereocenters. The van der Waals surface area contributed by atoms with E-state index in [0.717, 1.165) is 11.1 Å². The van der Waals surface area contributed by atoms with E-state index >= 15 is 0 Å². The van der Waals surface area contributed by atoms with Gasteiger partial charge >= 0.3 is 5.97 Å². The van der Waals surface area contributed by atoms with Gasteiger partial charge in [-0.2, -0.15) is 0 Å². The molecular formula is C24H16ClNO4S2. The van der Waals surface area contributed by atoms with Crippen LogP contribution in [0.25, 0.3) is 6.08 Å². The zero-order valence-electron chi connectivity index (χ0n) is 16.5. The Morgan fingerprint density at radius 1 is 1.06 bits per heavy atom. The molecule has 0 saturated carbocycles. The number of carboxylic acids is 1. The molecule has 0 aromatic heterocycles. The Morgan fingerprint density at radius 3 is 2.41 bits per heavy atom. The van der Waals surface area contributed by atoms with Gasteiger partial charge in [0.25, 0.3) is 5.91 Å². The van der Waals surface area contributed by atoms with Crippen LogP contribution in [0.5, 0.6) is 5.75 Å². The fourth-order valence-electron chi connectivity index (χ4n) is 3.03. The topological polar surface area (TPSA) is 66.8 Å². The number of anilines is 1. The van der Waals surface area contributed by atoms with Crippen LogP contribution < -0.4 is 9.64 Å². The van der Waals surface area contributed by atoms with Gasteiger partial charge in [-0.25, -0.2) is 4.79 Å². The van der Waals surface area contributed by atoms with E-state index in [9.17, 15) is 9.59 Å². The van der Waals surface area contributed by atoms with E-state index in [-0.39, 0.29) is 11.5 Å². The summed E-state index contributed by atoms with van der Waals surface area (Å²) in [5.41, 5.74) is 2.41. The molecule has 1 aliphatic heterocycles. The highest BCUT2D eigenvalue weighted by atomic mass is 35.5. The van der Waals surface area contributed by atoms with Gasteiger partial charge in [0, 0.05) is 10.6 Å². The molecule has 3 aromatic carbocycles. The van der Waals surface area contributed by atoms with Gasteiger partial charge in [-0.15, -0.1) is 0 Å². The summed E-state index contributed by atoms with van der Waals surface area (Å²) in [6.07, 6.45) is 1.77. The van der Waals surface area contributed by atoms with Crippen molar-refractivity contribution in [3.05, 3.63) is 99.4 Å². The van der Waals surface area contributed by atoms with E-state index in [1.165, 1.54) is 28.8 Å². The van der Waals surface area contributed by atoms with Gasteiger partial charge in [0.15, 0.2) is 4.32 Å². The summed E-state index contributed by atoms with van der Waals surface area (Å²) in [4.78, 5) is 25.8. The van der Waals surface area contributed by atoms with Gasteiger partial charge in [0.05, 0.1) is 16.2 Å². The van der Waals surface area contributed by atoms with Crippen LogP contribution in [-0.2, 0) is 11.4 Å². The number of carbonyl (C=O) groups excluding carboxylic acids is 1. The molecule has 5 nitrogen and oxygen atoms in total. The Bertz CT molecular complexity index is 1220. The minimum absolute atomic E-state index is 0.145.